The van der Waals surface area contributed by atoms with Crippen molar-refractivity contribution in [2.45, 2.75) is 6.42 Å². The van der Waals surface area contributed by atoms with Crippen molar-refractivity contribution >= 4 is 28.9 Å². The molecule has 0 aliphatic carbocycles. The monoisotopic (exact) mass is 238 g/mol. The standard InChI is InChI=1S/C11H11ClN2O2/c1-13-9-6-8(12)5-7(3-4-15)10(9)14(2)11(13)16/h4-6H,3H2,1-2H3. The van der Waals surface area contributed by atoms with E-state index in [0.29, 0.717) is 5.02 Å². The summed E-state index contributed by atoms with van der Waals surface area (Å²) < 4.78 is 3.06. The number of benzene rings is 1. The topological polar surface area (TPSA) is 44.0 Å². The van der Waals surface area contributed by atoms with Gasteiger partial charge >= 0.3 is 5.69 Å². The van der Waals surface area contributed by atoms with Crippen LogP contribution in [-0.2, 0) is 25.3 Å². The molecule has 0 N–H and O–H groups in total. The number of nitrogens with zero attached hydrogens (tertiary/aromatic N) is 2. The van der Waals surface area contributed by atoms with Crippen LogP contribution in [0, 0.1) is 0 Å². The van der Waals surface area contributed by atoms with Crippen molar-refractivity contribution < 1.29 is 4.79 Å². The van der Waals surface area contributed by atoms with Gasteiger partial charge in [0.1, 0.15) is 6.29 Å². The lowest BCUT2D eigenvalue weighted by Crippen LogP contribution is -2.19. The van der Waals surface area contributed by atoms with E-state index in [1.165, 1.54) is 9.13 Å². The quantitative estimate of drug-likeness (QED) is 0.740. The van der Waals surface area contributed by atoms with Crippen LogP contribution in [0.25, 0.3) is 11.0 Å². The Kier molecular flexibility index (Phi) is 2.59. The highest BCUT2D eigenvalue weighted by Crippen LogP contribution is 2.22. The average molecular weight is 239 g/mol. The predicted molar refractivity (Wildman–Crippen MR) is 62.9 cm³/mol. The van der Waals surface area contributed by atoms with Crippen LogP contribution in [0.1, 0.15) is 5.56 Å². The Morgan fingerprint density at radius 3 is 2.62 bits per heavy atom. The van der Waals surface area contributed by atoms with Crippen molar-refractivity contribution in [3.8, 4) is 0 Å². The normalized spacial score (nSPS) is 10.9. The zero-order valence-corrected chi connectivity index (χ0v) is 9.78. The van der Waals surface area contributed by atoms with Crippen LogP contribution in [0.2, 0.25) is 5.02 Å². The summed E-state index contributed by atoms with van der Waals surface area (Å²) in [6, 6.07) is 3.45. The molecule has 0 amide bonds. The Morgan fingerprint density at radius 1 is 1.31 bits per heavy atom. The van der Waals surface area contributed by atoms with Gasteiger partial charge in [-0.25, -0.2) is 4.79 Å². The van der Waals surface area contributed by atoms with Crippen molar-refractivity contribution in [2.75, 3.05) is 0 Å². The summed E-state index contributed by atoms with van der Waals surface area (Å²) in [6.07, 6.45) is 1.07. The van der Waals surface area contributed by atoms with E-state index < -0.39 is 0 Å². The van der Waals surface area contributed by atoms with Gasteiger partial charge in [-0.1, -0.05) is 11.6 Å². The van der Waals surface area contributed by atoms with Crippen LogP contribution in [0.3, 0.4) is 0 Å². The Bertz CT molecular complexity index is 625. The summed E-state index contributed by atoms with van der Waals surface area (Å²) in [5, 5.41) is 0.533. The first-order valence-corrected chi connectivity index (χ1v) is 5.21. The smallest absolute Gasteiger partial charge is 0.303 e. The average Bonchev–Trinajstić information content (AvgIpc) is 2.44. The van der Waals surface area contributed by atoms with E-state index in [-0.39, 0.29) is 12.1 Å². The largest absolute Gasteiger partial charge is 0.328 e. The second-order valence-corrected chi connectivity index (χ2v) is 4.14. The number of aldehydes is 1. The van der Waals surface area contributed by atoms with Gasteiger partial charge in [0.2, 0.25) is 0 Å². The van der Waals surface area contributed by atoms with E-state index in [2.05, 4.69) is 0 Å². The van der Waals surface area contributed by atoms with E-state index in [1.54, 1.807) is 26.2 Å². The van der Waals surface area contributed by atoms with E-state index in [0.717, 1.165) is 22.9 Å². The van der Waals surface area contributed by atoms with Gasteiger partial charge in [0.25, 0.3) is 0 Å². The first-order valence-electron chi connectivity index (χ1n) is 4.83. The molecule has 0 bridgehead atoms. The highest BCUT2D eigenvalue weighted by Gasteiger charge is 2.12. The minimum absolute atomic E-state index is 0.121. The third-order valence-electron chi connectivity index (χ3n) is 2.71. The van der Waals surface area contributed by atoms with Gasteiger partial charge < -0.3 is 4.79 Å². The number of fused-ring (bicyclic) bond motifs is 1. The number of imidazole rings is 1. The summed E-state index contributed by atoms with van der Waals surface area (Å²) in [5.74, 6) is 0. The Morgan fingerprint density at radius 2 is 2.00 bits per heavy atom. The van der Waals surface area contributed by atoms with Gasteiger partial charge in [0.15, 0.2) is 0 Å². The summed E-state index contributed by atoms with van der Waals surface area (Å²) in [7, 11) is 3.37. The fourth-order valence-electron chi connectivity index (χ4n) is 1.95. The molecule has 0 radical (unpaired) electrons. The summed E-state index contributed by atoms with van der Waals surface area (Å²) >= 11 is 5.95. The van der Waals surface area contributed by atoms with E-state index >= 15 is 0 Å². The first-order chi connectivity index (χ1) is 7.56. The summed E-state index contributed by atoms with van der Waals surface area (Å²) in [5.41, 5.74) is 2.17. The van der Waals surface area contributed by atoms with Crippen LogP contribution in [0.15, 0.2) is 16.9 Å². The highest BCUT2D eigenvalue weighted by atomic mass is 35.5. The molecule has 2 rings (SSSR count). The molecule has 4 nitrogen and oxygen atoms in total. The lowest BCUT2D eigenvalue weighted by Gasteiger charge is -2.02. The molecular formula is C11H11ClN2O2. The fraction of sp³-hybridized carbons (Fsp3) is 0.273. The van der Waals surface area contributed by atoms with Crippen molar-refractivity contribution in [3.05, 3.63) is 33.2 Å². The summed E-state index contributed by atoms with van der Waals surface area (Å²) in [6.45, 7) is 0. The molecule has 1 heterocycles. The molecule has 0 aliphatic rings. The van der Waals surface area contributed by atoms with Crippen molar-refractivity contribution in [2.24, 2.45) is 14.1 Å². The lowest BCUT2D eigenvalue weighted by molar-refractivity contribution is -0.107. The van der Waals surface area contributed by atoms with E-state index in [4.69, 9.17) is 11.6 Å². The maximum absolute atomic E-state index is 11.8. The summed E-state index contributed by atoms with van der Waals surface area (Å²) in [4.78, 5) is 22.3. The van der Waals surface area contributed by atoms with Gasteiger partial charge in [-0.2, -0.15) is 0 Å². The molecule has 0 spiro atoms. The molecule has 0 aliphatic heterocycles. The number of carbonyl (C=O) groups is 1. The Hall–Kier alpha value is -1.55. The number of hydrogen-bond acceptors (Lipinski definition) is 2. The SMILES string of the molecule is Cn1c(=O)n(C)c2c(CC=O)cc(Cl)cc21. The van der Waals surface area contributed by atoms with Crippen molar-refractivity contribution in [3.63, 3.8) is 0 Å². The first kappa shape index (κ1) is 11.0. The van der Waals surface area contributed by atoms with Crippen LogP contribution < -0.4 is 5.69 Å². The number of halogens is 1. The molecule has 2 aromatic rings. The Labute approximate surface area is 97.0 Å². The molecule has 16 heavy (non-hydrogen) atoms. The zero-order valence-electron chi connectivity index (χ0n) is 9.03. The van der Waals surface area contributed by atoms with Crippen molar-refractivity contribution in [1.82, 2.24) is 9.13 Å². The second-order valence-electron chi connectivity index (χ2n) is 3.70. The molecular weight excluding hydrogens is 228 g/mol. The molecule has 0 saturated carbocycles. The number of aryl methyl sites for hydroxylation is 2. The van der Waals surface area contributed by atoms with Gasteiger partial charge in [0.05, 0.1) is 11.0 Å². The van der Waals surface area contributed by atoms with Gasteiger partial charge in [-0.05, 0) is 17.7 Å². The second kappa shape index (κ2) is 3.79. The number of carbonyl (C=O) groups excluding carboxylic acids is 1. The lowest BCUT2D eigenvalue weighted by atomic mass is 10.1. The molecule has 0 unspecified atom stereocenters. The fourth-order valence-corrected chi connectivity index (χ4v) is 2.19. The van der Waals surface area contributed by atoms with Gasteiger partial charge in [0, 0.05) is 25.5 Å². The number of hydrogen-bond donors (Lipinski definition) is 0. The molecule has 0 atom stereocenters. The van der Waals surface area contributed by atoms with Crippen LogP contribution in [0.4, 0.5) is 0 Å². The number of aromatic nitrogens is 2. The minimum atomic E-state index is -0.121. The molecule has 1 aromatic carbocycles. The predicted octanol–water partition coefficient (Wildman–Crippen LogP) is 1.27. The van der Waals surface area contributed by atoms with Crippen LogP contribution >= 0.6 is 11.6 Å². The Balaban J connectivity index is 2.95. The van der Waals surface area contributed by atoms with E-state index in [1.807, 2.05) is 0 Å². The third-order valence-corrected chi connectivity index (χ3v) is 2.93. The maximum atomic E-state index is 11.8. The third kappa shape index (κ3) is 1.46. The van der Waals surface area contributed by atoms with E-state index in [9.17, 15) is 9.59 Å². The van der Waals surface area contributed by atoms with Crippen molar-refractivity contribution in [1.29, 1.82) is 0 Å². The zero-order chi connectivity index (χ0) is 11.9. The van der Waals surface area contributed by atoms with Gasteiger partial charge in [-0.15, -0.1) is 0 Å². The molecule has 0 fully saturated rings. The molecule has 1 aromatic heterocycles. The van der Waals surface area contributed by atoms with Gasteiger partial charge in [-0.3, -0.25) is 9.13 Å². The maximum Gasteiger partial charge on any atom is 0.328 e. The van der Waals surface area contributed by atoms with Crippen LogP contribution in [-0.4, -0.2) is 15.4 Å². The minimum Gasteiger partial charge on any atom is -0.303 e. The number of rotatable bonds is 2. The highest BCUT2D eigenvalue weighted by molar-refractivity contribution is 6.31. The molecule has 84 valence electrons. The molecule has 0 saturated heterocycles. The molecule has 5 heteroatoms. The van der Waals surface area contributed by atoms with Crippen LogP contribution in [0.5, 0.6) is 0 Å².